The first-order valence-corrected chi connectivity index (χ1v) is 7.92. The molecule has 21 heavy (non-hydrogen) atoms. The zero-order valence-corrected chi connectivity index (χ0v) is 12.9. The van der Waals surface area contributed by atoms with Gasteiger partial charge in [-0.3, -0.25) is 4.79 Å². The van der Waals surface area contributed by atoms with Crippen LogP contribution in [0.2, 0.25) is 0 Å². The highest BCUT2D eigenvalue weighted by Gasteiger charge is 2.38. The highest BCUT2D eigenvalue weighted by Crippen LogP contribution is 2.33. The molecule has 114 valence electrons. The molecule has 1 aromatic rings. The number of anilines is 1. The zero-order valence-electron chi connectivity index (χ0n) is 12.9. The number of carbonyl (C=O) groups is 1. The predicted molar refractivity (Wildman–Crippen MR) is 85.3 cm³/mol. The lowest BCUT2D eigenvalue weighted by Gasteiger charge is -2.32. The molecule has 1 aromatic carbocycles. The van der Waals surface area contributed by atoms with Crippen LogP contribution < -0.4 is 16.0 Å². The minimum atomic E-state index is -0.599. The smallest absolute Gasteiger partial charge is 0.237 e. The van der Waals surface area contributed by atoms with E-state index in [1.807, 2.05) is 6.92 Å². The van der Waals surface area contributed by atoms with Gasteiger partial charge in [-0.1, -0.05) is 18.2 Å². The maximum atomic E-state index is 11.9. The summed E-state index contributed by atoms with van der Waals surface area (Å²) in [7, 11) is 0. The van der Waals surface area contributed by atoms with E-state index < -0.39 is 5.54 Å². The van der Waals surface area contributed by atoms with E-state index in [1.165, 1.54) is 11.3 Å². The topological polar surface area (TPSA) is 58.4 Å². The van der Waals surface area contributed by atoms with Crippen LogP contribution in [-0.2, 0) is 11.2 Å². The quantitative estimate of drug-likeness (QED) is 0.839. The minimum absolute atomic E-state index is 0.241. The number of hydrogen-bond donors (Lipinski definition) is 2. The van der Waals surface area contributed by atoms with Crippen LogP contribution in [0, 0.1) is 0 Å². The number of carbonyl (C=O) groups excluding carboxylic acids is 1. The standard InChI is InChI=1S/C17H25N3O/c1-12-11-13-5-3-4-6-15(13)20(12)10-9-17(2,16(18)21)19-14-7-8-14/h3-6,12,14,19H,7-11H2,1-2H3,(H2,18,21). The molecular weight excluding hydrogens is 262 g/mol. The molecule has 0 radical (unpaired) electrons. The SMILES string of the molecule is CC1Cc2ccccc2N1CCC(C)(NC1CC1)C(N)=O. The summed E-state index contributed by atoms with van der Waals surface area (Å²) >= 11 is 0. The van der Waals surface area contributed by atoms with Crippen LogP contribution in [-0.4, -0.2) is 30.1 Å². The lowest BCUT2D eigenvalue weighted by Crippen LogP contribution is -2.55. The van der Waals surface area contributed by atoms with Crippen LogP contribution in [0.3, 0.4) is 0 Å². The Morgan fingerprint density at radius 1 is 1.43 bits per heavy atom. The fourth-order valence-electron chi connectivity index (χ4n) is 3.26. The third-order valence-electron chi connectivity index (χ3n) is 4.85. The summed E-state index contributed by atoms with van der Waals surface area (Å²) in [4.78, 5) is 14.3. The van der Waals surface area contributed by atoms with E-state index in [0.29, 0.717) is 12.1 Å². The number of rotatable bonds is 6. The summed E-state index contributed by atoms with van der Waals surface area (Å²) in [6, 6.07) is 9.51. The molecule has 0 spiro atoms. The normalized spacial score (nSPS) is 23.7. The van der Waals surface area contributed by atoms with E-state index in [2.05, 4.69) is 41.4 Å². The molecule has 3 rings (SSSR count). The average Bonchev–Trinajstić information content (AvgIpc) is 3.18. The number of nitrogens with zero attached hydrogens (tertiary/aromatic N) is 1. The van der Waals surface area contributed by atoms with Gasteiger partial charge in [0.1, 0.15) is 0 Å². The molecule has 1 heterocycles. The van der Waals surface area contributed by atoms with Crippen LogP contribution in [0.1, 0.15) is 38.7 Å². The van der Waals surface area contributed by atoms with E-state index in [1.54, 1.807) is 0 Å². The lowest BCUT2D eigenvalue weighted by atomic mass is 9.96. The third-order valence-corrected chi connectivity index (χ3v) is 4.85. The molecule has 1 aliphatic heterocycles. The maximum absolute atomic E-state index is 11.9. The highest BCUT2D eigenvalue weighted by atomic mass is 16.1. The van der Waals surface area contributed by atoms with Crippen LogP contribution in [0.25, 0.3) is 0 Å². The van der Waals surface area contributed by atoms with Gasteiger partial charge in [0.25, 0.3) is 0 Å². The van der Waals surface area contributed by atoms with Crippen molar-refractivity contribution < 1.29 is 4.79 Å². The molecule has 2 unspecified atom stereocenters. The fourth-order valence-corrected chi connectivity index (χ4v) is 3.26. The minimum Gasteiger partial charge on any atom is -0.368 e. The monoisotopic (exact) mass is 287 g/mol. The number of hydrogen-bond acceptors (Lipinski definition) is 3. The molecule has 1 fully saturated rings. The van der Waals surface area contributed by atoms with E-state index in [-0.39, 0.29) is 5.91 Å². The van der Waals surface area contributed by atoms with E-state index >= 15 is 0 Å². The molecule has 2 aliphatic rings. The predicted octanol–water partition coefficient (Wildman–Crippen LogP) is 1.82. The van der Waals surface area contributed by atoms with Gasteiger partial charge >= 0.3 is 0 Å². The molecule has 4 heteroatoms. The Balaban J connectivity index is 1.69. The van der Waals surface area contributed by atoms with Crippen molar-refractivity contribution in [3.63, 3.8) is 0 Å². The van der Waals surface area contributed by atoms with Gasteiger partial charge in [-0.2, -0.15) is 0 Å². The largest absolute Gasteiger partial charge is 0.368 e. The molecular formula is C17H25N3O. The van der Waals surface area contributed by atoms with Gasteiger partial charge in [0.05, 0.1) is 5.54 Å². The Labute approximate surface area is 126 Å². The Morgan fingerprint density at radius 2 is 2.14 bits per heavy atom. The molecule has 1 aliphatic carbocycles. The van der Waals surface area contributed by atoms with Crippen LogP contribution in [0.5, 0.6) is 0 Å². The number of nitrogens with two attached hydrogens (primary N) is 1. The van der Waals surface area contributed by atoms with Gasteiger partial charge in [0.2, 0.25) is 5.91 Å². The molecule has 1 amide bonds. The molecule has 4 nitrogen and oxygen atoms in total. The zero-order chi connectivity index (χ0) is 15.0. The van der Waals surface area contributed by atoms with Crippen molar-refractivity contribution in [2.24, 2.45) is 5.73 Å². The first-order chi connectivity index (χ1) is 9.99. The number of fused-ring (bicyclic) bond motifs is 1. The summed E-state index contributed by atoms with van der Waals surface area (Å²) in [6.07, 6.45) is 4.15. The van der Waals surface area contributed by atoms with Gasteiger partial charge < -0.3 is 16.0 Å². The van der Waals surface area contributed by atoms with Crippen molar-refractivity contribution in [2.75, 3.05) is 11.4 Å². The van der Waals surface area contributed by atoms with Gasteiger partial charge in [-0.25, -0.2) is 0 Å². The van der Waals surface area contributed by atoms with Gasteiger partial charge in [0, 0.05) is 24.3 Å². The van der Waals surface area contributed by atoms with E-state index in [4.69, 9.17) is 5.73 Å². The van der Waals surface area contributed by atoms with Gasteiger partial charge in [0.15, 0.2) is 0 Å². The molecule has 1 saturated carbocycles. The first-order valence-electron chi connectivity index (χ1n) is 7.92. The summed E-state index contributed by atoms with van der Waals surface area (Å²) in [5.41, 5.74) is 7.75. The van der Waals surface area contributed by atoms with Crippen LogP contribution in [0.15, 0.2) is 24.3 Å². The van der Waals surface area contributed by atoms with Crippen molar-refractivity contribution in [1.29, 1.82) is 0 Å². The molecule has 0 bridgehead atoms. The summed E-state index contributed by atoms with van der Waals surface area (Å²) in [5.74, 6) is -0.241. The van der Waals surface area contributed by atoms with Crippen LogP contribution in [0.4, 0.5) is 5.69 Å². The second kappa shape index (κ2) is 5.34. The Kier molecular flexibility index (Phi) is 3.66. The second-order valence-electron chi connectivity index (χ2n) is 6.74. The first kappa shape index (κ1) is 14.4. The number of para-hydroxylation sites is 1. The summed E-state index contributed by atoms with van der Waals surface area (Å²) in [6.45, 7) is 5.05. The van der Waals surface area contributed by atoms with Crippen molar-refractivity contribution in [3.05, 3.63) is 29.8 Å². The van der Waals surface area contributed by atoms with Crippen molar-refractivity contribution >= 4 is 11.6 Å². The Morgan fingerprint density at radius 3 is 2.81 bits per heavy atom. The molecule has 2 atom stereocenters. The van der Waals surface area contributed by atoms with E-state index in [0.717, 1.165) is 32.2 Å². The van der Waals surface area contributed by atoms with Crippen molar-refractivity contribution in [2.45, 2.75) is 57.2 Å². The number of nitrogens with one attached hydrogen (secondary N) is 1. The maximum Gasteiger partial charge on any atom is 0.237 e. The second-order valence-corrected chi connectivity index (χ2v) is 6.74. The molecule has 0 aromatic heterocycles. The van der Waals surface area contributed by atoms with Crippen molar-refractivity contribution in [3.8, 4) is 0 Å². The lowest BCUT2D eigenvalue weighted by molar-refractivity contribution is -0.124. The Bertz CT molecular complexity index is 541. The highest BCUT2D eigenvalue weighted by molar-refractivity contribution is 5.84. The molecule has 3 N–H and O–H groups in total. The summed E-state index contributed by atoms with van der Waals surface area (Å²) < 4.78 is 0. The fraction of sp³-hybridized carbons (Fsp3) is 0.588. The van der Waals surface area contributed by atoms with Crippen LogP contribution >= 0.6 is 0 Å². The van der Waals surface area contributed by atoms with Gasteiger partial charge in [-0.15, -0.1) is 0 Å². The Hall–Kier alpha value is -1.55. The molecule has 0 saturated heterocycles. The third kappa shape index (κ3) is 2.91. The van der Waals surface area contributed by atoms with Gasteiger partial charge in [-0.05, 0) is 51.2 Å². The number of amides is 1. The van der Waals surface area contributed by atoms with Crippen molar-refractivity contribution in [1.82, 2.24) is 5.32 Å². The average molecular weight is 287 g/mol. The summed E-state index contributed by atoms with van der Waals surface area (Å²) in [5, 5.41) is 3.43. The van der Waals surface area contributed by atoms with E-state index in [9.17, 15) is 4.79 Å². The number of primary amides is 1. The number of benzene rings is 1.